The Morgan fingerprint density at radius 2 is 2.00 bits per heavy atom. The number of carbonyl (C=O) groups is 1. The van der Waals surface area contributed by atoms with Gasteiger partial charge in [-0.05, 0) is 43.3 Å². The number of esters is 1. The van der Waals surface area contributed by atoms with Crippen molar-refractivity contribution in [3.8, 4) is 6.07 Å². The Morgan fingerprint density at radius 1 is 1.25 bits per heavy atom. The zero-order valence-corrected chi connectivity index (χ0v) is 12.9. The van der Waals surface area contributed by atoms with Gasteiger partial charge >= 0.3 is 5.97 Å². The van der Waals surface area contributed by atoms with Gasteiger partial charge in [-0.15, -0.1) is 0 Å². The Hall–Kier alpha value is -3.46. The second-order valence-electron chi connectivity index (χ2n) is 5.21. The van der Waals surface area contributed by atoms with Gasteiger partial charge in [0.1, 0.15) is 12.3 Å². The molecule has 0 spiro atoms. The summed E-state index contributed by atoms with van der Waals surface area (Å²) in [6, 6.07) is 14.8. The molecule has 0 fully saturated rings. The average molecular weight is 319 g/mol. The van der Waals surface area contributed by atoms with Crippen LogP contribution in [0, 0.1) is 18.3 Å². The lowest BCUT2D eigenvalue weighted by molar-refractivity contribution is 0.0467. The van der Waals surface area contributed by atoms with Crippen molar-refractivity contribution in [1.82, 2.24) is 9.38 Å². The predicted octanol–water partition coefficient (Wildman–Crippen LogP) is 2.23. The number of benzene rings is 1. The van der Waals surface area contributed by atoms with Gasteiger partial charge in [0.15, 0.2) is 0 Å². The molecule has 6 heteroatoms. The van der Waals surface area contributed by atoms with E-state index < -0.39 is 5.97 Å². The SMILES string of the molecule is Cc1cccc2nc(COC(=O)c3ccc(C#N)cc3)cc(=O)n12. The molecule has 0 saturated heterocycles. The highest BCUT2D eigenvalue weighted by atomic mass is 16.5. The topological polar surface area (TPSA) is 84.5 Å². The summed E-state index contributed by atoms with van der Waals surface area (Å²) in [7, 11) is 0. The molecule has 0 N–H and O–H groups in total. The van der Waals surface area contributed by atoms with Crippen LogP contribution >= 0.6 is 0 Å². The number of hydrogen-bond acceptors (Lipinski definition) is 5. The monoisotopic (exact) mass is 319 g/mol. The summed E-state index contributed by atoms with van der Waals surface area (Å²) < 4.78 is 6.68. The lowest BCUT2D eigenvalue weighted by Crippen LogP contribution is -2.18. The Labute approximate surface area is 137 Å². The molecule has 0 aliphatic carbocycles. The van der Waals surface area contributed by atoms with Crippen LogP contribution in [0.25, 0.3) is 5.65 Å². The maximum Gasteiger partial charge on any atom is 0.338 e. The summed E-state index contributed by atoms with van der Waals surface area (Å²) in [6.07, 6.45) is 0. The van der Waals surface area contributed by atoms with Crippen molar-refractivity contribution < 1.29 is 9.53 Å². The van der Waals surface area contributed by atoms with Gasteiger partial charge in [0.05, 0.1) is 22.9 Å². The van der Waals surface area contributed by atoms with E-state index in [-0.39, 0.29) is 12.2 Å². The number of pyridine rings is 1. The summed E-state index contributed by atoms with van der Waals surface area (Å²) in [5.41, 5.74) is 2.25. The number of nitriles is 1. The first-order valence-electron chi connectivity index (χ1n) is 7.24. The molecule has 0 amide bonds. The van der Waals surface area contributed by atoms with Gasteiger partial charge in [0.2, 0.25) is 0 Å². The van der Waals surface area contributed by atoms with E-state index in [2.05, 4.69) is 4.98 Å². The number of rotatable bonds is 3. The third kappa shape index (κ3) is 3.01. The average Bonchev–Trinajstić information content (AvgIpc) is 2.59. The van der Waals surface area contributed by atoms with Crippen molar-refractivity contribution in [2.45, 2.75) is 13.5 Å². The first-order chi connectivity index (χ1) is 11.6. The normalized spacial score (nSPS) is 10.3. The minimum Gasteiger partial charge on any atom is -0.456 e. The van der Waals surface area contributed by atoms with E-state index in [4.69, 9.17) is 10.00 Å². The summed E-state index contributed by atoms with van der Waals surface area (Å²) >= 11 is 0. The van der Waals surface area contributed by atoms with E-state index in [0.29, 0.717) is 22.5 Å². The molecule has 0 bridgehead atoms. The predicted molar refractivity (Wildman–Crippen MR) is 86.5 cm³/mol. The van der Waals surface area contributed by atoms with Gasteiger partial charge in [0, 0.05) is 11.8 Å². The zero-order valence-electron chi connectivity index (χ0n) is 12.9. The third-order valence-electron chi connectivity index (χ3n) is 3.53. The quantitative estimate of drug-likeness (QED) is 0.691. The smallest absolute Gasteiger partial charge is 0.338 e. The van der Waals surface area contributed by atoms with Crippen molar-refractivity contribution in [2.75, 3.05) is 0 Å². The molecule has 2 heterocycles. The minimum absolute atomic E-state index is 0.0987. The Morgan fingerprint density at radius 3 is 2.71 bits per heavy atom. The van der Waals surface area contributed by atoms with Crippen molar-refractivity contribution in [3.63, 3.8) is 0 Å². The molecule has 0 atom stereocenters. The molecular formula is C18H13N3O3. The number of nitrogens with zero attached hydrogens (tertiary/aromatic N) is 3. The van der Waals surface area contributed by atoms with E-state index in [1.165, 1.54) is 22.6 Å². The number of aromatic nitrogens is 2. The van der Waals surface area contributed by atoms with Gasteiger partial charge in [0.25, 0.3) is 5.56 Å². The fourth-order valence-corrected chi connectivity index (χ4v) is 2.34. The molecule has 6 nitrogen and oxygen atoms in total. The van der Waals surface area contributed by atoms with E-state index >= 15 is 0 Å². The summed E-state index contributed by atoms with van der Waals surface area (Å²) in [6.45, 7) is 1.72. The van der Waals surface area contributed by atoms with E-state index in [9.17, 15) is 9.59 Å². The molecule has 1 aromatic carbocycles. The van der Waals surface area contributed by atoms with Gasteiger partial charge in [-0.2, -0.15) is 5.26 Å². The molecule has 3 aromatic rings. The van der Waals surface area contributed by atoms with Gasteiger partial charge < -0.3 is 4.74 Å². The molecule has 2 aromatic heterocycles. The number of aryl methyl sites for hydroxylation is 1. The van der Waals surface area contributed by atoms with Crippen LogP contribution in [0.5, 0.6) is 0 Å². The number of hydrogen-bond donors (Lipinski definition) is 0. The van der Waals surface area contributed by atoms with Crippen LogP contribution in [0.15, 0.2) is 53.3 Å². The third-order valence-corrected chi connectivity index (χ3v) is 3.53. The molecular weight excluding hydrogens is 306 g/mol. The zero-order chi connectivity index (χ0) is 17.1. The standard InChI is InChI=1S/C18H13N3O3/c1-12-3-2-4-16-20-15(9-17(22)21(12)16)11-24-18(23)14-7-5-13(10-19)6-8-14/h2-9H,11H2,1H3. The molecule has 0 radical (unpaired) electrons. The Kier molecular flexibility index (Phi) is 4.08. The first kappa shape index (κ1) is 15.4. The second-order valence-corrected chi connectivity index (χ2v) is 5.21. The first-order valence-corrected chi connectivity index (χ1v) is 7.24. The van der Waals surface area contributed by atoms with E-state index in [1.54, 1.807) is 18.2 Å². The van der Waals surface area contributed by atoms with Crippen molar-refractivity contribution in [3.05, 3.63) is 81.4 Å². The summed E-state index contributed by atoms with van der Waals surface area (Å²) in [5.74, 6) is -0.536. The summed E-state index contributed by atoms with van der Waals surface area (Å²) in [4.78, 5) is 28.5. The van der Waals surface area contributed by atoms with Crippen LogP contribution in [0.4, 0.5) is 0 Å². The van der Waals surface area contributed by atoms with Gasteiger partial charge in [-0.25, -0.2) is 9.78 Å². The fraction of sp³-hybridized carbons (Fsp3) is 0.111. The highest BCUT2D eigenvalue weighted by molar-refractivity contribution is 5.89. The lowest BCUT2D eigenvalue weighted by atomic mass is 10.1. The Balaban J connectivity index is 1.79. The minimum atomic E-state index is -0.536. The van der Waals surface area contributed by atoms with Crippen LogP contribution in [0.2, 0.25) is 0 Å². The van der Waals surface area contributed by atoms with E-state index in [1.807, 2.05) is 25.1 Å². The maximum atomic E-state index is 12.2. The Bertz CT molecular complexity index is 1010. The van der Waals surface area contributed by atoms with Crippen molar-refractivity contribution >= 4 is 11.6 Å². The molecule has 0 aliphatic rings. The molecule has 3 rings (SSSR count). The van der Waals surface area contributed by atoms with Crippen molar-refractivity contribution in [1.29, 1.82) is 5.26 Å². The molecule has 0 unspecified atom stereocenters. The largest absolute Gasteiger partial charge is 0.456 e. The highest BCUT2D eigenvalue weighted by Gasteiger charge is 2.10. The number of ether oxygens (including phenoxy) is 1. The van der Waals surface area contributed by atoms with Crippen LogP contribution in [0.1, 0.15) is 27.3 Å². The maximum absolute atomic E-state index is 12.2. The fourth-order valence-electron chi connectivity index (χ4n) is 2.34. The van der Waals surface area contributed by atoms with Crippen LogP contribution < -0.4 is 5.56 Å². The molecule has 0 aliphatic heterocycles. The van der Waals surface area contributed by atoms with Crippen LogP contribution in [-0.2, 0) is 11.3 Å². The van der Waals surface area contributed by atoms with Crippen molar-refractivity contribution in [2.24, 2.45) is 0 Å². The lowest BCUT2D eigenvalue weighted by Gasteiger charge is -2.07. The molecule has 0 saturated carbocycles. The van der Waals surface area contributed by atoms with E-state index in [0.717, 1.165) is 5.69 Å². The van der Waals surface area contributed by atoms with Gasteiger partial charge in [-0.1, -0.05) is 6.07 Å². The number of carbonyl (C=O) groups excluding carboxylic acids is 1. The highest BCUT2D eigenvalue weighted by Crippen LogP contribution is 2.08. The second kappa shape index (κ2) is 6.34. The number of fused-ring (bicyclic) bond motifs is 1. The van der Waals surface area contributed by atoms with Crippen LogP contribution in [0.3, 0.4) is 0 Å². The summed E-state index contributed by atoms with van der Waals surface area (Å²) in [5, 5.41) is 8.75. The van der Waals surface area contributed by atoms with Gasteiger partial charge in [-0.3, -0.25) is 9.20 Å². The molecule has 118 valence electrons. The molecule has 24 heavy (non-hydrogen) atoms. The van der Waals surface area contributed by atoms with Crippen LogP contribution in [-0.4, -0.2) is 15.4 Å².